The summed E-state index contributed by atoms with van der Waals surface area (Å²) in [4.78, 5) is 23.6. The number of anilines is 1. The van der Waals surface area contributed by atoms with E-state index in [-0.39, 0.29) is 29.0 Å². The summed E-state index contributed by atoms with van der Waals surface area (Å²) in [5.41, 5.74) is 1.65. The topological polar surface area (TPSA) is 76.7 Å². The maximum Gasteiger partial charge on any atom is 0.387 e. The lowest BCUT2D eigenvalue weighted by Gasteiger charge is -2.16. The Morgan fingerprint density at radius 2 is 1.81 bits per heavy atom. The van der Waals surface area contributed by atoms with Crippen molar-refractivity contribution in [3.05, 3.63) is 53.6 Å². The number of methoxy groups -OCH3 is 1. The molecule has 0 radical (unpaired) electrons. The van der Waals surface area contributed by atoms with Gasteiger partial charge < -0.3 is 20.1 Å². The van der Waals surface area contributed by atoms with Gasteiger partial charge in [0.25, 0.3) is 5.91 Å². The van der Waals surface area contributed by atoms with Crippen molar-refractivity contribution in [3.63, 3.8) is 0 Å². The molecule has 27 heavy (non-hydrogen) atoms. The third-order valence-corrected chi connectivity index (χ3v) is 3.70. The summed E-state index contributed by atoms with van der Waals surface area (Å²) in [7, 11) is 1.30. The minimum Gasteiger partial charge on any atom is -0.493 e. The van der Waals surface area contributed by atoms with Crippen molar-refractivity contribution < 1.29 is 27.8 Å². The number of amides is 2. The van der Waals surface area contributed by atoms with Gasteiger partial charge in [-0.2, -0.15) is 8.78 Å². The molecular weight excluding hydrogens is 358 g/mol. The highest BCUT2D eigenvalue weighted by atomic mass is 19.3. The van der Waals surface area contributed by atoms with Crippen molar-refractivity contribution >= 4 is 17.5 Å². The number of hydrogen-bond acceptors (Lipinski definition) is 4. The van der Waals surface area contributed by atoms with Crippen molar-refractivity contribution in [1.29, 1.82) is 0 Å². The summed E-state index contributed by atoms with van der Waals surface area (Å²) in [5.74, 6) is -0.722. The molecule has 0 fully saturated rings. The van der Waals surface area contributed by atoms with E-state index in [4.69, 9.17) is 4.74 Å². The standard InChI is InChI=1S/C19H20F2N2O4/c1-11(13-5-4-6-15(9-13)23-12(2)24)22-18(25)14-7-8-16(27-19(20)21)17(10-14)26-3/h4-11,19H,1-3H3,(H,22,25)(H,23,24). The van der Waals surface area contributed by atoms with E-state index in [9.17, 15) is 18.4 Å². The first-order valence-electron chi connectivity index (χ1n) is 8.11. The fourth-order valence-corrected chi connectivity index (χ4v) is 2.45. The van der Waals surface area contributed by atoms with Gasteiger partial charge in [-0.15, -0.1) is 0 Å². The van der Waals surface area contributed by atoms with Crippen LogP contribution in [0.1, 0.15) is 35.8 Å². The van der Waals surface area contributed by atoms with Crippen LogP contribution < -0.4 is 20.1 Å². The number of rotatable bonds is 7. The number of carbonyl (C=O) groups is 2. The maximum atomic E-state index is 12.5. The molecule has 0 spiro atoms. The Morgan fingerprint density at radius 3 is 2.44 bits per heavy atom. The number of hydrogen-bond donors (Lipinski definition) is 2. The van der Waals surface area contributed by atoms with Crippen LogP contribution in [0.5, 0.6) is 11.5 Å². The minimum absolute atomic E-state index is 0.0308. The van der Waals surface area contributed by atoms with Gasteiger partial charge in [0.15, 0.2) is 11.5 Å². The quantitative estimate of drug-likeness (QED) is 0.769. The molecule has 0 heterocycles. The smallest absolute Gasteiger partial charge is 0.387 e. The van der Waals surface area contributed by atoms with Gasteiger partial charge in [0.2, 0.25) is 5.91 Å². The Hall–Kier alpha value is -3.16. The fraction of sp³-hybridized carbons (Fsp3) is 0.263. The van der Waals surface area contributed by atoms with Gasteiger partial charge >= 0.3 is 6.61 Å². The van der Waals surface area contributed by atoms with Crippen LogP contribution in [-0.4, -0.2) is 25.5 Å². The van der Waals surface area contributed by atoms with Gasteiger partial charge in [-0.05, 0) is 42.8 Å². The molecule has 144 valence electrons. The van der Waals surface area contributed by atoms with Gasteiger partial charge in [-0.1, -0.05) is 12.1 Å². The normalized spacial score (nSPS) is 11.6. The molecule has 6 nitrogen and oxygen atoms in total. The van der Waals surface area contributed by atoms with Gasteiger partial charge in [-0.25, -0.2) is 0 Å². The Morgan fingerprint density at radius 1 is 1.07 bits per heavy atom. The predicted molar refractivity (Wildman–Crippen MR) is 96.3 cm³/mol. The summed E-state index contributed by atoms with van der Waals surface area (Å²) < 4.78 is 34.1. The maximum absolute atomic E-state index is 12.5. The van der Waals surface area contributed by atoms with E-state index in [1.165, 1.54) is 32.2 Å². The molecule has 0 aliphatic carbocycles. The third-order valence-electron chi connectivity index (χ3n) is 3.70. The highest BCUT2D eigenvalue weighted by Crippen LogP contribution is 2.29. The predicted octanol–water partition coefficient (Wildman–Crippen LogP) is 3.75. The number of benzene rings is 2. The molecule has 2 rings (SSSR count). The van der Waals surface area contributed by atoms with Crippen molar-refractivity contribution in [3.8, 4) is 11.5 Å². The molecule has 2 amide bonds. The van der Waals surface area contributed by atoms with Crippen LogP contribution in [0.25, 0.3) is 0 Å². The first-order chi connectivity index (χ1) is 12.8. The number of ether oxygens (including phenoxy) is 2. The molecule has 0 aromatic heterocycles. The van der Waals surface area contributed by atoms with Crippen LogP contribution >= 0.6 is 0 Å². The number of carbonyl (C=O) groups excluding carboxylic acids is 2. The van der Waals surface area contributed by atoms with Crippen molar-refractivity contribution in [2.45, 2.75) is 26.5 Å². The van der Waals surface area contributed by atoms with Crippen LogP contribution in [0.4, 0.5) is 14.5 Å². The molecule has 1 unspecified atom stereocenters. The third kappa shape index (κ3) is 5.67. The molecule has 8 heteroatoms. The van der Waals surface area contributed by atoms with Crippen molar-refractivity contribution in [1.82, 2.24) is 5.32 Å². The fourth-order valence-electron chi connectivity index (χ4n) is 2.45. The summed E-state index contributed by atoms with van der Waals surface area (Å²) in [6.07, 6.45) is 0. The highest BCUT2D eigenvalue weighted by Gasteiger charge is 2.16. The van der Waals surface area contributed by atoms with E-state index in [1.807, 2.05) is 6.07 Å². The molecule has 0 saturated carbocycles. The van der Waals surface area contributed by atoms with Crippen LogP contribution in [0.15, 0.2) is 42.5 Å². The highest BCUT2D eigenvalue weighted by molar-refractivity contribution is 5.95. The summed E-state index contributed by atoms with van der Waals surface area (Å²) in [6.45, 7) is 0.206. The van der Waals surface area contributed by atoms with Gasteiger partial charge in [-0.3, -0.25) is 9.59 Å². The number of halogens is 2. The zero-order chi connectivity index (χ0) is 20.0. The lowest BCUT2D eigenvalue weighted by molar-refractivity contribution is -0.114. The second-order valence-electron chi connectivity index (χ2n) is 5.75. The largest absolute Gasteiger partial charge is 0.493 e. The number of alkyl halides is 2. The average molecular weight is 378 g/mol. The average Bonchev–Trinajstić information content (AvgIpc) is 2.61. The number of nitrogens with one attached hydrogen (secondary N) is 2. The SMILES string of the molecule is COc1cc(C(=O)NC(C)c2cccc(NC(C)=O)c2)ccc1OC(F)F. The summed E-state index contributed by atoms with van der Waals surface area (Å²) in [5, 5.41) is 5.49. The molecule has 0 saturated heterocycles. The minimum atomic E-state index is -2.99. The van der Waals surface area contributed by atoms with Gasteiger partial charge in [0.05, 0.1) is 13.2 Å². The second kappa shape index (κ2) is 8.98. The molecule has 0 bridgehead atoms. The first-order valence-corrected chi connectivity index (χ1v) is 8.11. The molecule has 0 aliphatic rings. The van der Waals surface area contributed by atoms with E-state index in [2.05, 4.69) is 15.4 Å². The van der Waals surface area contributed by atoms with E-state index < -0.39 is 12.5 Å². The zero-order valence-electron chi connectivity index (χ0n) is 15.1. The Bertz CT molecular complexity index is 827. The van der Waals surface area contributed by atoms with Gasteiger partial charge in [0.1, 0.15) is 0 Å². The zero-order valence-corrected chi connectivity index (χ0v) is 15.1. The lowest BCUT2D eigenvalue weighted by atomic mass is 10.1. The Labute approximate surface area is 155 Å². The second-order valence-corrected chi connectivity index (χ2v) is 5.75. The van der Waals surface area contributed by atoms with Crippen molar-refractivity contribution in [2.75, 3.05) is 12.4 Å². The van der Waals surface area contributed by atoms with Crippen LogP contribution in [0, 0.1) is 0 Å². The summed E-state index contributed by atoms with van der Waals surface area (Å²) in [6, 6.07) is 10.7. The summed E-state index contributed by atoms with van der Waals surface area (Å²) >= 11 is 0. The lowest BCUT2D eigenvalue weighted by Crippen LogP contribution is -2.26. The van der Waals surface area contributed by atoms with Crippen LogP contribution in [0.3, 0.4) is 0 Å². The van der Waals surface area contributed by atoms with E-state index in [0.29, 0.717) is 5.69 Å². The van der Waals surface area contributed by atoms with E-state index in [1.54, 1.807) is 25.1 Å². The monoisotopic (exact) mass is 378 g/mol. The van der Waals surface area contributed by atoms with Crippen LogP contribution in [0.2, 0.25) is 0 Å². The van der Waals surface area contributed by atoms with E-state index in [0.717, 1.165) is 5.56 Å². The molecule has 2 aromatic carbocycles. The van der Waals surface area contributed by atoms with E-state index >= 15 is 0 Å². The van der Waals surface area contributed by atoms with Crippen molar-refractivity contribution in [2.24, 2.45) is 0 Å². The first kappa shape index (κ1) is 20.2. The molecule has 1 atom stereocenters. The molecule has 0 aliphatic heterocycles. The Kier molecular flexibility index (Phi) is 6.70. The van der Waals surface area contributed by atoms with Gasteiger partial charge in [0, 0.05) is 18.2 Å². The molecular formula is C19H20F2N2O4. The Balaban J connectivity index is 2.13. The van der Waals surface area contributed by atoms with Crippen LogP contribution in [-0.2, 0) is 4.79 Å². The molecule has 2 N–H and O–H groups in total. The molecule has 2 aromatic rings.